The van der Waals surface area contributed by atoms with Crippen LogP contribution in [0.15, 0.2) is 60.7 Å². The van der Waals surface area contributed by atoms with Gasteiger partial charge in [-0.3, -0.25) is 19.3 Å². The number of nitrogens with zero attached hydrogens (tertiary/aromatic N) is 3. The van der Waals surface area contributed by atoms with Crippen LogP contribution in [-0.2, 0) is 13.0 Å². The highest BCUT2D eigenvalue weighted by atomic mass is 35.5. The van der Waals surface area contributed by atoms with E-state index in [2.05, 4.69) is 0 Å². The molecule has 1 aliphatic rings. The van der Waals surface area contributed by atoms with Crippen LogP contribution in [0.1, 0.15) is 42.5 Å². The first-order chi connectivity index (χ1) is 16.8. The maximum atomic E-state index is 13.3. The summed E-state index contributed by atoms with van der Waals surface area (Å²) in [4.78, 5) is 41.8. The maximum absolute atomic E-state index is 13.3. The summed E-state index contributed by atoms with van der Waals surface area (Å²) in [5.74, 6) is -0.639. The molecule has 1 aromatic heterocycles. The minimum Gasteiger partial charge on any atom is -0.366 e. The van der Waals surface area contributed by atoms with Crippen LogP contribution in [0.3, 0.4) is 0 Å². The normalized spacial score (nSPS) is 14.2. The highest BCUT2D eigenvalue weighted by molar-refractivity contribution is 6.30. The number of carbonyl (C=O) groups is 3. The summed E-state index contributed by atoms with van der Waals surface area (Å²) in [6, 6.07) is 18.5. The van der Waals surface area contributed by atoms with Crippen molar-refractivity contribution >= 4 is 29.2 Å². The predicted molar refractivity (Wildman–Crippen MR) is 136 cm³/mol. The Labute approximate surface area is 210 Å². The van der Waals surface area contributed by atoms with E-state index in [1.54, 1.807) is 35.2 Å². The molecule has 0 spiro atoms. The molecular formula is C27H29ClN4O3. The van der Waals surface area contributed by atoms with Crippen LogP contribution in [0.2, 0.25) is 5.02 Å². The second-order valence-corrected chi connectivity index (χ2v) is 9.22. The first kappa shape index (κ1) is 24.7. The second-order valence-electron chi connectivity index (χ2n) is 8.78. The number of hydrogen-bond donors (Lipinski definition) is 1. The molecule has 2 N–H and O–H groups in total. The number of hydrogen-bond acceptors (Lipinski definition) is 4. The molecule has 1 aliphatic heterocycles. The quantitative estimate of drug-likeness (QED) is 0.488. The number of benzene rings is 2. The van der Waals surface area contributed by atoms with Crippen molar-refractivity contribution in [2.75, 3.05) is 32.7 Å². The van der Waals surface area contributed by atoms with E-state index in [0.717, 1.165) is 12.0 Å². The van der Waals surface area contributed by atoms with E-state index in [1.165, 1.54) is 0 Å². The molecule has 2 aromatic carbocycles. The van der Waals surface area contributed by atoms with Crippen LogP contribution < -0.4 is 5.73 Å². The van der Waals surface area contributed by atoms with Crippen molar-refractivity contribution in [2.24, 2.45) is 5.73 Å². The molecule has 2 amide bonds. The summed E-state index contributed by atoms with van der Waals surface area (Å²) in [6.45, 7) is 4.88. The van der Waals surface area contributed by atoms with Crippen LogP contribution in [0.25, 0.3) is 0 Å². The van der Waals surface area contributed by atoms with Gasteiger partial charge in [-0.25, -0.2) is 0 Å². The van der Waals surface area contributed by atoms with Gasteiger partial charge in [-0.15, -0.1) is 0 Å². The van der Waals surface area contributed by atoms with Gasteiger partial charge < -0.3 is 15.2 Å². The molecule has 35 heavy (non-hydrogen) atoms. The van der Waals surface area contributed by atoms with Gasteiger partial charge in [0.15, 0.2) is 5.78 Å². The lowest BCUT2D eigenvalue weighted by Crippen LogP contribution is -2.50. The zero-order valence-electron chi connectivity index (χ0n) is 19.7. The zero-order chi connectivity index (χ0) is 24.9. The van der Waals surface area contributed by atoms with Crippen molar-refractivity contribution in [3.05, 3.63) is 93.8 Å². The van der Waals surface area contributed by atoms with Gasteiger partial charge in [0.2, 0.25) is 0 Å². The topological polar surface area (TPSA) is 88.6 Å². The zero-order valence-corrected chi connectivity index (χ0v) is 20.5. The Bertz CT molecular complexity index is 1210. The van der Waals surface area contributed by atoms with Gasteiger partial charge >= 0.3 is 0 Å². The smallest absolute Gasteiger partial charge is 0.253 e. The molecule has 0 radical (unpaired) electrons. The van der Waals surface area contributed by atoms with Crippen molar-refractivity contribution in [2.45, 2.75) is 19.9 Å². The van der Waals surface area contributed by atoms with Crippen molar-refractivity contribution in [3.63, 3.8) is 0 Å². The number of Topliss-reactive ketones (excluding diaryl/α,β-unsaturated/α-hetero) is 1. The van der Waals surface area contributed by atoms with Gasteiger partial charge in [0, 0.05) is 49.0 Å². The van der Waals surface area contributed by atoms with E-state index in [1.807, 2.05) is 46.7 Å². The summed E-state index contributed by atoms with van der Waals surface area (Å²) >= 11 is 5.92. The van der Waals surface area contributed by atoms with Gasteiger partial charge in [-0.1, -0.05) is 41.9 Å². The minimum atomic E-state index is -0.538. The Morgan fingerprint density at radius 2 is 1.60 bits per heavy atom. The van der Waals surface area contributed by atoms with E-state index >= 15 is 0 Å². The van der Waals surface area contributed by atoms with Crippen LogP contribution in [-0.4, -0.2) is 64.7 Å². The summed E-state index contributed by atoms with van der Waals surface area (Å²) in [5.41, 5.74) is 8.90. The average Bonchev–Trinajstić information content (AvgIpc) is 3.20. The standard InChI is InChI=1S/C27H29ClN4O3/c1-19-23(26(29)34)17-24(32(19)12-11-20-5-3-2-4-6-20)25(33)18-30-13-15-31(16-14-30)27(35)21-7-9-22(28)10-8-21/h2-10,17H,11-16,18H2,1H3,(H2,29,34). The molecule has 2 heterocycles. The highest BCUT2D eigenvalue weighted by Gasteiger charge is 2.26. The lowest BCUT2D eigenvalue weighted by molar-refractivity contribution is 0.0623. The number of aromatic nitrogens is 1. The van der Waals surface area contributed by atoms with Gasteiger partial charge in [-0.2, -0.15) is 0 Å². The fourth-order valence-electron chi connectivity index (χ4n) is 4.47. The van der Waals surface area contributed by atoms with Gasteiger partial charge in [0.25, 0.3) is 11.8 Å². The van der Waals surface area contributed by atoms with E-state index in [0.29, 0.717) is 60.3 Å². The van der Waals surface area contributed by atoms with Crippen molar-refractivity contribution in [3.8, 4) is 0 Å². The van der Waals surface area contributed by atoms with Crippen LogP contribution in [0, 0.1) is 6.92 Å². The van der Waals surface area contributed by atoms with Crippen molar-refractivity contribution < 1.29 is 14.4 Å². The molecule has 0 bridgehead atoms. The third kappa shape index (κ3) is 5.81. The number of rotatable bonds is 8. The fourth-order valence-corrected chi connectivity index (χ4v) is 4.59. The van der Waals surface area contributed by atoms with E-state index in [9.17, 15) is 14.4 Å². The molecule has 7 nitrogen and oxygen atoms in total. The molecule has 1 saturated heterocycles. The summed E-state index contributed by atoms with van der Waals surface area (Å²) in [7, 11) is 0. The number of ketones is 1. The molecule has 0 atom stereocenters. The fraction of sp³-hybridized carbons (Fsp3) is 0.296. The third-order valence-electron chi connectivity index (χ3n) is 6.50. The summed E-state index contributed by atoms with van der Waals surface area (Å²) < 4.78 is 1.90. The second kappa shape index (κ2) is 10.9. The molecule has 0 saturated carbocycles. The number of nitrogens with two attached hydrogens (primary N) is 1. The molecule has 1 fully saturated rings. The largest absolute Gasteiger partial charge is 0.366 e. The number of carbonyl (C=O) groups excluding carboxylic acids is 3. The van der Waals surface area contributed by atoms with Crippen LogP contribution >= 0.6 is 11.6 Å². The molecule has 8 heteroatoms. The number of piperazine rings is 1. The molecule has 0 aliphatic carbocycles. The Morgan fingerprint density at radius 3 is 2.23 bits per heavy atom. The van der Waals surface area contributed by atoms with Crippen LogP contribution in [0.4, 0.5) is 0 Å². The molecule has 4 rings (SSSR count). The lowest BCUT2D eigenvalue weighted by atomic mass is 10.1. The molecule has 182 valence electrons. The predicted octanol–water partition coefficient (Wildman–Crippen LogP) is 3.43. The SMILES string of the molecule is Cc1c(C(N)=O)cc(C(=O)CN2CCN(C(=O)c3ccc(Cl)cc3)CC2)n1CCc1ccccc1. The van der Waals surface area contributed by atoms with E-state index < -0.39 is 5.91 Å². The first-order valence-corrected chi connectivity index (χ1v) is 12.1. The van der Waals surface area contributed by atoms with Crippen molar-refractivity contribution in [1.29, 1.82) is 0 Å². The van der Waals surface area contributed by atoms with E-state index in [4.69, 9.17) is 17.3 Å². The summed E-state index contributed by atoms with van der Waals surface area (Å²) in [6.07, 6.45) is 0.736. The van der Waals surface area contributed by atoms with Crippen molar-refractivity contribution in [1.82, 2.24) is 14.4 Å². The van der Waals surface area contributed by atoms with Gasteiger partial charge in [0.1, 0.15) is 0 Å². The Morgan fingerprint density at radius 1 is 0.943 bits per heavy atom. The highest BCUT2D eigenvalue weighted by Crippen LogP contribution is 2.19. The van der Waals surface area contributed by atoms with Gasteiger partial charge in [-0.05, 0) is 49.2 Å². The number of halogens is 1. The third-order valence-corrected chi connectivity index (χ3v) is 6.75. The number of aryl methyl sites for hydroxylation is 1. The lowest BCUT2D eigenvalue weighted by Gasteiger charge is -2.34. The Kier molecular flexibility index (Phi) is 7.68. The Balaban J connectivity index is 1.41. The average molecular weight is 493 g/mol. The molecule has 3 aromatic rings. The maximum Gasteiger partial charge on any atom is 0.253 e. The molecule has 0 unspecified atom stereocenters. The first-order valence-electron chi connectivity index (χ1n) is 11.7. The number of amides is 2. The Hall–Kier alpha value is -3.42. The minimum absolute atomic E-state index is 0.0378. The number of primary amides is 1. The monoisotopic (exact) mass is 492 g/mol. The van der Waals surface area contributed by atoms with Gasteiger partial charge in [0.05, 0.1) is 17.8 Å². The summed E-state index contributed by atoms with van der Waals surface area (Å²) in [5, 5.41) is 0.591. The van der Waals surface area contributed by atoms with Crippen LogP contribution in [0.5, 0.6) is 0 Å². The molecular weight excluding hydrogens is 464 g/mol. The van der Waals surface area contributed by atoms with E-state index in [-0.39, 0.29) is 18.2 Å².